The monoisotopic (exact) mass is 444 g/mol. The summed E-state index contributed by atoms with van der Waals surface area (Å²) in [4.78, 5) is 12.8. The number of nitrogens with zero attached hydrogens (tertiary/aromatic N) is 1. The third-order valence-electron chi connectivity index (χ3n) is 4.38. The molecule has 0 unspecified atom stereocenters. The van der Waals surface area contributed by atoms with Crippen molar-refractivity contribution in [3.63, 3.8) is 0 Å². The van der Waals surface area contributed by atoms with Crippen molar-refractivity contribution < 1.29 is 17.9 Å². The van der Waals surface area contributed by atoms with Gasteiger partial charge in [0, 0.05) is 10.7 Å². The molecule has 0 spiro atoms. The Balaban J connectivity index is 1.90. The van der Waals surface area contributed by atoms with Crippen molar-refractivity contribution >= 4 is 38.9 Å². The standard InChI is InChI=1S/C22H21ClN2O4S/c1-16-3-13-21(14-4-16)30(27,28)25(19-9-5-17(23)6-10-19)15-22(26)24-18-7-11-20(29-2)12-8-18/h3-14H,15H2,1-2H3,(H,24,26). The third kappa shape index (κ3) is 5.11. The average molecular weight is 445 g/mol. The topological polar surface area (TPSA) is 75.7 Å². The molecule has 0 radical (unpaired) electrons. The summed E-state index contributed by atoms with van der Waals surface area (Å²) in [7, 11) is -2.42. The lowest BCUT2D eigenvalue weighted by Gasteiger charge is -2.24. The van der Waals surface area contributed by atoms with E-state index in [1.165, 1.54) is 12.1 Å². The number of benzene rings is 3. The number of hydrogen-bond donors (Lipinski definition) is 1. The number of anilines is 2. The quantitative estimate of drug-likeness (QED) is 0.582. The van der Waals surface area contributed by atoms with Crippen molar-refractivity contribution in [2.75, 3.05) is 23.3 Å². The van der Waals surface area contributed by atoms with Crippen molar-refractivity contribution in [3.8, 4) is 5.75 Å². The highest BCUT2D eigenvalue weighted by Gasteiger charge is 2.27. The van der Waals surface area contributed by atoms with Crippen LogP contribution in [0.15, 0.2) is 77.7 Å². The molecule has 0 saturated heterocycles. The number of carbonyl (C=O) groups excluding carboxylic acids is 1. The molecule has 0 heterocycles. The largest absolute Gasteiger partial charge is 0.497 e. The molecule has 30 heavy (non-hydrogen) atoms. The molecule has 0 aliphatic heterocycles. The van der Waals surface area contributed by atoms with Crippen molar-refractivity contribution in [1.29, 1.82) is 0 Å². The molecule has 3 aromatic carbocycles. The van der Waals surface area contributed by atoms with Crippen molar-refractivity contribution in [1.82, 2.24) is 0 Å². The Bertz CT molecular complexity index is 1110. The molecule has 0 aliphatic carbocycles. The summed E-state index contributed by atoms with van der Waals surface area (Å²) in [6.45, 7) is 1.47. The SMILES string of the molecule is COc1ccc(NC(=O)CN(c2ccc(Cl)cc2)S(=O)(=O)c2ccc(C)cc2)cc1. The molecule has 0 aromatic heterocycles. The molecule has 3 rings (SSSR count). The summed E-state index contributed by atoms with van der Waals surface area (Å²) >= 11 is 5.95. The zero-order valence-corrected chi connectivity index (χ0v) is 18.1. The van der Waals surface area contributed by atoms with Crippen molar-refractivity contribution in [2.45, 2.75) is 11.8 Å². The number of sulfonamides is 1. The lowest BCUT2D eigenvalue weighted by atomic mass is 10.2. The van der Waals surface area contributed by atoms with Crippen LogP contribution in [0, 0.1) is 6.92 Å². The number of amides is 1. The Morgan fingerprint density at radius 1 is 0.967 bits per heavy atom. The van der Waals surface area contributed by atoms with Gasteiger partial charge < -0.3 is 10.1 Å². The van der Waals surface area contributed by atoms with Gasteiger partial charge in [-0.2, -0.15) is 0 Å². The van der Waals surface area contributed by atoms with Gasteiger partial charge in [-0.3, -0.25) is 9.10 Å². The highest BCUT2D eigenvalue weighted by Crippen LogP contribution is 2.25. The number of ether oxygens (including phenoxy) is 1. The van der Waals surface area contributed by atoms with E-state index in [-0.39, 0.29) is 4.90 Å². The molecule has 156 valence electrons. The maximum Gasteiger partial charge on any atom is 0.264 e. The molecule has 1 amide bonds. The number of nitrogens with one attached hydrogen (secondary N) is 1. The Morgan fingerprint density at radius 2 is 1.57 bits per heavy atom. The number of hydrogen-bond acceptors (Lipinski definition) is 4. The van der Waals surface area contributed by atoms with Gasteiger partial charge in [0.1, 0.15) is 12.3 Å². The maximum absolute atomic E-state index is 13.3. The lowest BCUT2D eigenvalue weighted by molar-refractivity contribution is -0.114. The van der Waals surface area contributed by atoms with E-state index in [0.29, 0.717) is 22.1 Å². The van der Waals surface area contributed by atoms with E-state index in [1.807, 2.05) is 6.92 Å². The number of rotatable bonds is 7. The van der Waals surface area contributed by atoms with Gasteiger partial charge in [0.25, 0.3) is 10.0 Å². The van der Waals surface area contributed by atoms with Gasteiger partial charge in [-0.1, -0.05) is 29.3 Å². The predicted molar refractivity (Wildman–Crippen MR) is 119 cm³/mol. The average Bonchev–Trinajstić information content (AvgIpc) is 2.73. The van der Waals surface area contributed by atoms with E-state index in [2.05, 4.69) is 5.32 Å². The molecule has 1 N–H and O–H groups in total. The normalized spacial score (nSPS) is 11.0. The van der Waals surface area contributed by atoms with Gasteiger partial charge in [0.2, 0.25) is 5.91 Å². The van der Waals surface area contributed by atoms with E-state index >= 15 is 0 Å². The van der Waals surface area contributed by atoms with E-state index in [4.69, 9.17) is 16.3 Å². The van der Waals surface area contributed by atoms with Gasteiger partial charge in [-0.25, -0.2) is 8.42 Å². The highest BCUT2D eigenvalue weighted by atomic mass is 35.5. The minimum Gasteiger partial charge on any atom is -0.497 e. The van der Waals surface area contributed by atoms with Crippen LogP contribution < -0.4 is 14.4 Å². The van der Waals surface area contributed by atoms with Crippen LogP contribution in [0.2, 0.25) is 5.02 Å². The first kappa shape index (κ1) is 21.7. The second-order valence-electron chi connectivity index (χ2n) is 6.58. The first-order valence-electron chi connectivity index (χ1n) is 9.08. The lowest BCUT2D eigenvalue weighted by Crippen LogP contribution is -2.38. The second kappa shape index (κ2) is 9.19. The zero-order valence-electron chi connectivity index (χ0n) is 16.5. The summed E-state index contributed by atoms with van der Waals surface area (Å²) in [5.74, 6) is 0.170. The van der Waals surface area contributed by atoms with Crippen LogP contribution in [0.25, 0.3) is 0 Å². The molecule has 3 aromatic rings. The molecular formula is C22H21ClN2O4S. The van der Waals surface area contributed by atoms with E-state index in [9.17, 15) is 13.2 Å². The van der Waals surface area contributed by atoms with Crippen LogP contribution in [0.3, 0.4) is 0 Å². The minimum absolute atomic E-state index is 0.0975. The number of methoxy groups -OCH3 is 1. The van der Waals surface area contributed by atoms with Crippen LogP contribution >= 0.6 is 11.6 Å². The van der Waals surface area contributed by atoms with Crippen molar-refractivity contribution in [3.05, 3.63) is 83.4 Å². The van der Waals surface area contributed by atoms with E-state index in [0.717, 1.165) is 9.87 Å². The summed E-state index contributed by atoms with van der Waals surface area (Å²) in [5.41, 5.74) is 1.80. The fourth-order valence-corrected chi connectivity index (χ4v) is 4.31. The fourth-order valence-electron chi connectivity index (χ4n) is 2.77. The van der Waals surface area contributed by atoms with Crippen LogP contribution in [-0.2, 0) is 14.8 Å². The predicted octanol–water partition coefficient (Wildman–Crippen LogP) is 4.49. The van der Waals surface area contributed by atoms with Gasteiger partial charge in [-0.05, 0) is 67.6 Å². The molecule has 8 heteroatoms. The summed E-state index contributed by atoms with van der Waals surface area (Å²) in [6.07, 6.45) is 0. The number of carbonyl (C=O) groups is 1. The number of halogens is 1. The summed E-state index contributed by atoms with van der Waals surface area (Å²) in [6, 6.07) is 19.5. The fraction of sp³-hybridized carbons (Fsp3) is 0.136. The van der Waals surface area contributed by atoms with E-state index < -0.39 is 22.5 Å². The first-order valence-corrected chi connectivity index (χ1v) is 10.9. The second-order valence-corrected chi connectivity index (χ2v) is 8.88. The number of aryl methyl sites for hydroxylation is 1. The first-order chi connectivity index (χ1) is 14.3. The molecule has 0 fully saturated rings. The van der Waals surface area contributed by atoms with Gasteiger partial charge in [-0.15, -0.1) is 0 Å². The molecular weight excluding hydrogens is 424 g/mol. The Kier molecular flexibility index (Phi) is 6.64. The van der Waals surface area contributed by atoms with Crippen molar-refractivity contribution in [2.24, 2.45) is 0 Å². The molecule has 0 saturated carbocycles. The zero-order chi connectivity index (χ0) is 21.7. The van der Waals surface area contributed by atoms with Gasteiger partial charge in [0.15, 0.2) is 0 Å². The van der Waals surface area contributed by atoms with Gasteiger partial charge >= 0.3 is 0 Å². The molecule has 0 atom stereocenters. The molecule has 0 aliphatic rings. The van der Waals surface area contributed by atoms with E-state index in [1.54, 1.807) is 67.8 Å². The molecule has 6 nitrogen and oxygen atoms in total. The maximum atomic E-state index is 13.3. The van der Waals surface area contributed by atoms with Crippen LogP contribution in [0.1, 0.15) is 5.56 Å². The van der Waals surface area contributed by atoms with Crippen LogP contribution in [0.4, 0.5) is 11.4 Å². The van der Waals surface area contributed by atoms with Crippen LogP contribution in [-0.4, -0.2) is 28.0 Å². The smallest absolute Gasteiger partial charge is 0.264 e. The molecule has 0 bridgehead atoms. The summed E-state index contributed by atoms with van der Waals surface area (Å²) in [5, 5.41) is 3.18. The van der Waals surface area contributed by atoms with Gasteiger partial charge in [0.05, 0.1) is 17.7 Å². The van der Waals surface area contributed by atoms with Crippen LogP contribution in [0.5, 0.6) is 5.75 Å². The Morgan fingerprint density at radius 3 is 2.13 bits per heavy atom. The Hall–Kier alpha value is -3.03. The highest BCUT2D eigenvalue weighted by molar-refractivity contribution is 7.92. The minimum atomic E-state index is -3.97. The summed E-state index contributed by atoms with van der Waals surface area (Å²) < 4.78 is 32.8. The third-order valence-corrected chi connectivity index (χ3v) is 6.42. The Labute approximate surface area is 181 Å².